The second-order valence-electron chi connectivity index (χ2n) is 4.46. The van der Waals surface area contributed by atoms with Crippen LogP contribution in [0.2, 0.25) is 0 Å². The molecule has 0 spiro atoms. The van der Waals surface area contributed by atoms with Crippen LogP contribution in [0.3, 0.4) is 0 Å². The first-order valence-corrected chi connectivity index (χ1v) is 7.20. The summed E-state index contributed by atoms with van der Waals surface area (Å²) in [6.07, 6.45) is 2.23. The summed E-state index contributed by atoms with van der Waals surface area (Å²) < 4.78 is 26.1. The molecule has 110 valence electrons. The molecular weight excluding hydrogens is 331 g/mol. The lowest BCUT2D eigenvalue weighted by molar-refractivity contribution is -0.140. The van der Waals surface area contributed by atoms with E-state index < -0.39 is 11.8 Å². The van der Waals surface area contributed by atoms with Crippen LogP contribution in [0.1, 0.15) is 24.7 Å². The van der Waals surface area contributed by atoms with E-state index in [1.54, 1.807) is 18.4 Å². The van der Waals surface area contributed by atoms with Gasteiger partial charge in [-0.15, -0.1) is 0 Å². The van der Waals surface area contributed by atoms with Gasteiger partial charge in [-0.25, -0.2) is 9.78 Å². The molecule has 0 saturated carbocycles. The van der Waals surface area contributed by atoms with E-state index >= 15 is 0 Å². The number of halogens is 2. The van der Waals surface area contributed by atoms with Gasteiger partial charge in [0.15, 0.2) is 4.73 Å². The number of nitrogens with zero attached hydrogens (tertiary/aromatic N) is 2. The monoisotopic (exact) mass is 346 g/mol. The molecule has 1 aromatic rings. The quantitative estimate of drug-likeness (QED) is 0.607. The van der Waals surface area contributed by atoms with E-state index in [-0.39, 0.29) is 12.7 Å². The number of esters is 1. The van der Waals surface area contributed by atoms with Gasteiger partial charge in [-0.05, 0) is 36.2 Å². The minimum absolute atomic E-state index is 0.109. The average molecular weight is 347 g/mol. The number of aromatic nitrogens is 2. The van der Waals surface area contributed by atoms with Crippen molar-refractivity contribution in [3.8, 4) is 0 Å². The lowest BCUT2D eigenvalue weighted by atomic mass is 10.2. The molecule has 5 nitrogen and oxygen atoms in total. The molecule has 1 aliphatic rings. The number of hydrogen-bond donors (Lipinski definition) is 0. The van der Waals surface area contributed by atoms with Gasteiger partial charge in [-0.3, -0.25) is 0 Å². The van der Waals surface area contributed by atoms with Gasteiger partial charge in [-0.2, -0.15) is 4.39 Å². The molecule has 7 heteroatoms. The Morgan fingerprint density at radius 3 is 2.95 bits per heavy atom. The van der Waals surface area contributed by atoms with E-state index in [0.29, 0.717) is 22.7 Å². The molecule has 0 aromatic carbocycles. The number of rotatable bonds is 5. The smallest absolute Gasteiger partial charge is 0.367 e. The summed E-state index contributed by atoms with van der Waals surface area (Å²) in [5.41, 5.74) is 1.17. The predicted octanol–water partition coefficient (Wildman–Crippen LogP) is 2.62. The Morgan fingerprint density at radius 1 is 1.70 bits per heavy atom. The Kier molecular flexibility index (Phi) is 4.93. The van der Waals surface area contributed by atoms with Crippen LogP contribution in [-0.4, -0.2) is 34.8 Å². The van der Waals surface area contributed by atoms with Crippen molar-refractivity contribution in [2.75, 3.05) is 13.2 Å². The number of ether oxygens (including phenoxy) is 2. The maximum absolute atomic E-state index is 13.8. The molecule has 0 radical (unpaired) electrons. The number of aryl methyl sites for hydroxylation is 1. The highest BCUT2D eigenvalue weighted by atomic mass is 79.9. The zero-order chi connectivity index (χ0) is 14.7. The lowest BCUT2D eigenvalue weighted by Crippen LogP contribution is -2.31. The summed E-state index contributed by atoms with van der Waals surface area (Å²) in [5.74, 6) is -1.89. The highest BCUT2D eigenvalue weighted by molar-refractivity contribution is 9.10. The number of hydrogen-bond acceptors (Lipinski definition) is 4. The third kappa shape index (κ3) is 3.27. The second kappa shape index (κ2) is 6.49. The minimum Gasteiger partial charge on any atom is -0.461 e. The van der Waals surface area contributed by atoms with E-state index in [1.807, 2.05) is 0 Å². The summed E-state index contributed by atoms with van der Waals surface area (Å²) in [4.78, 5) is 15.6. The van der Waals surface area contributed by atoms with Crippen LogP contribution >= 0.6 is 15.9 Å². The van der Waals surface area contributed by atoms with Crippen LogP contribution in [-0.2, 0) is 20.8 Å². The van der Waals surface area contributed by atoms with E-state index in [9.17, 15) is 9.18 Å². The highest BCUT2D eigenvalue weighted by Gasteiger charge is 2.22. The zero-order valence-corrected chi connectivity index (χ0v) is 12.9. The zero-order valence-electron chi connectivity index (χ0n) is 11.4. The first kappa shape index (κ1) is 15.2. The maximum atomic E-state index is 13.8. The number of carbonyl (C=O) groups is 1. The summed E-state index contributed by atoms with van der Waals surface area (Å²) in [7, 11) is 0. The van der Waals surface area contributed by atoms with Crippen LogP contribution in [0.5, 0.6) is 0 Å². The van der Waals surface area contributed by atoms with Gasteiger partial charge >= 0.3 is 5.97 Å². The van der Waals surface area contributed by atoms with Crippen LogP contribution in [0.4, 0.5) is 4.39 Å². The molecule has 0 amide bonds. The Hall–Kier alpha value is -1.21. The molecule has 2 heterocycles. The molecule has 0 unspecified atom stereocenters. The van der Waals surface area contributed by atoms with Crippen molar-refractivity contribution in [2.45, 2.75) is 32.9 Å². The van der Waals surface area contributed by atoms with Crippen molar-refractivity contribution in [3.05, 3.63) is 21.9 Å². The van der Waals surface area contributed by atoms with Gasteiger partial charge in [0, 0.05) is 12.7 Å². The van der Waals surface area contributed by atoms with Crippen LogP contribution < -0.4 is 0 Å². The first-order chi connectivity index (χ1) is 9.52. The maximum Gasteiger partial charge on any atom is 0.367 e. The van der Waals surface area contributed by atoms with Crippen molar-refractivity contribution in [3.63, 3.8) is 0 Å². The third-order valence-corrected chi connectivity index (χ3v) is 3.66. The molecule has 20 heavy (non-hydrogen) atoms. The molecule has 1 saturated heterocycles. The number of imidazole rings is 1. The van der Waals surface area contributed by atoms with Crippen LogP contribution in [0.25, 0.3) is 6.08 Å². The average Bonchev–Trinajstić information content (AvgIpc) is 2.59. The van der Waals surface area contributed by atoms with Crippen LogP contribution in [0.15, 0.2) is 10.6 Å². The molecule has 1 fully saturated rings. The molecule has 2 rings (SSSR count). The van der Waals surface area contributed by atoms with Gasteiger partial charge < -0.3 is 14.0 Å². The minimum atomic E-state index is -0.962. The van der Waals surface area contributed by atoms with Crippen molar-refractivity contribution >= 4 is 28.0 Å². The highest BCUT2D eigenvalue weighted by Crippen LogP contribution is 2.23. The molecule has 0 bridgehead atoms. The van der Waals surface area contributed by atoms with Gasteiger partial charge in [0.05, 0.1) is 30.6 Å². The Labute approximate surface area is 124 Å². The van der Waals surface area contributed by atoms with Crippen molar-refractivity contribution in [1.29, 1.82) is 0 Å². The molecule has 0 aliphatic carbocycles. The fourth-order valence-electron chi connectivity index (χ4n) is 1.92. The molecule has 1 aliphatic heterocycles. The van der Waals surface area contributed by atoms with Crippen LogP contribution in [0, 0.1) is 6.92 Å². The van der Waals surface area contributed by atoms with Gasteiger partial charge in [-0.1, -0.05) is 0 Å². The van der Waals surface area contributed by atoms with Gasteiger partial charge in [0.1, 0.15) is 0 Å². The van der Waals surface area contributed by atoms with Crippen molar-refractivity contribution in [1.82, 2.24) is 9.55 Å². The summed E-state index contributed by atoms with van der Waals surface area (Å²) in [6, 6.07) is 0. The fourth-order valence-corrected chi connectivity index (χ4v) is 2.52. The second-order valence-corrected chi connectivity index (χ2v) is 5.17. The van der Waals surface area contributed by atoms with E-state index in [4.69, 9.17) is 4.74 Å². The van der Waals surface area contributed by atoms with Crippen molar-refractivity contribution in [2.24, 2.45) is 0 Å². The lowest BCUT2D eigenvalue weighted by Gasteiger charge is -2.27. The topological polar surface area (TPSA) is 53.3 Å². The molecule has 1 aromatic heterocycles. The summed E-state index contributed by atoms with van der Waals surface area (Å²) in [5, 5.41) is 0. The van der Waals surface area contributed by atoms with Gasteiger partial charge in [0.25, 0.3) is 0 Å². The Balaban J connectivity index is 2.25. The summed E-state index contributed by atoms with van der Waals surface area (Å²) >= 11 is 3.34. The SMILES string of the molecule is CCOC(=O)/C(F)=C/c1c(C)nc(Br)n1C[C@@H]1CCO1. The summed E-state index contributed by atoms with van der Waals surface area (Å²) in [6.45, 7) is 4.85. The predicted molar refractivity (Wildman–Crippen MR) is 74.7 cm³/mol. The van der Waals surface area contributed by atoms with Crippen molar-refractivity contribution < 1.29 is 18.7 Å². The third-order valence-electron chi connectivity index (χ3n) is 3.06. The normalized spacial score (nSPS) is 18.8. The number of carbonyl (C=O) groups excluding carboxylic acids is 1. The largest absolute Gasteiger partial charge is 0.461 e. The molecule has 0 N–H and O–H groups in total. The van der Waals surface area contributed by atoms with Gasteiger partial charge in [0.2, 0.25) is 5.83 Å². The molecule has 1 atom stereocenters. The van der Waals surface area contributed by atoms with E-state index in [2.05, 4.69) is 25.7 Å². The Morgan fingerprint density at radius 2 is 2.40 bits per heavy atom. The Bertz CT molecular complexity index is 538. The fraction of sp³-hybridized carbons (Fsp3) is 0.538. The van der Waals surface area contributed by atoms with E-state index in [1.165, 1.54) is 0 Å². The first-order valence-electron chi connectivity index (χ1n) is 6.41. The molecular formula is C13H16BrFN2O3. The standard InChI is InChI=1S/C13H16BrFN2O3/c1-3-19-12(18)10(15)6-11-8(2)16-13(14)17(11)7-9-4-5-20-9/h6,9H,3-5,7H2,1-2H3/b10-6-/t9-/m0/s1. The van der Waals surface area contributed by atoms with E-state index in [0.717, 1.165) is 19.1 Å².